The second-order valence-electron chi connectivity index (χ2n) is 6.62. The summed E-state index contributed by atoms with van der Waals surface area (Å²) in [7, 11) is 1.80. The minimum absolute atomic E-state index is 0.187. The van der Waals surface area contributed by atoms with E-state index in [-0.39, 0.29) is 5.91 Å². The first-order valence-corrected chi connectivity index (χ1v) is 8.38. The maximum absolute atomic E-state index is 12.9. The van der Waals surface area contributed by atoms with Gasteiger partial charge in [0.1, 0.15) is 11.5 Å². The van der Waals surface area contributed by atoms with E-state index in [2.05, 4.69) is 24.3 Å². The fourth-order valence-corrected chi connectivity index (χ4v) is 2.92. The number of para-hydroxylation sites is 1. The van der Waals surface area contributed by atoms with Gasteiger partial charge in [-0.1, -0.05) is 32.0 Å². The lowest BCUT2D eigenvalue weighted by Gasteiger charge is -2.16. The fourth-order valence-electron chi connectivity index (χ4n) is 2.92. The van der Waals surface area contributed by atoms with Gasteiger partial charge in [0.2, 0.25) is 0 Å². The summed E-state index contributed by atoms with van der Waals surface area (Å²) in [6, 6.07) is 9.77. The summed E-state index contributed by atoms with van der Waals surface area (Å²) in [6.07, 6.45) is 1.72. The van der Waals surface area contributed by atoms with Crippen LogP contribution in [-0.2, 0) is 7.05 Å². The normalized spacial score (nSPS) is 11.1. The lowest BCUT2D eigenvalue weighted by Crippen LogP contribution is -2.15. The van der Waals surface area contributed by atoms with Gasteiger partial charge >= 0.3 is 0 Å². The van der Waals surface area contributed by atoms with Crippen molar-refractivity contribution in [3.05, 3.63) is 59.0 Å². The Morgan fingerprint density at radius 2 is 1.96 bits per heavy atom. The first-order chi connectivity index (χ1) is 11.9. The second kappa shape index (κ2) is 6.59. The molecule has 1 N–H and O–H groups in total. The molecule has 0 atom stereocenters. The van der Waals surface area contributed by atoms with Crippen molar-refractivity contribution in [1.29, 1.82) is 0 Å². The van der Waals surface area contributed by atoms with Gasteiger partial charge in [0.15, 0.2) is 5.76 Å². The Hall–Kier alpha value is -2.82. The highest BCUT2D eigenvalue weighted by atomic mass is 16.3. The van der Waals surface area contributed by atoms with E-state index in [4.69, 9.17) is 4.42 Å². The van der Waals surface area contributed by atoms with Gasteiger partial charge in [-0.25, -0.2) is 0 Å². The summed E-state index contributed by atoms with van der Waals surface area (Å²) in [4.78, 5) is 12.9. The van der Waals surface area contributed by atoms with Crippen molar-refractivity contribution in [2.24, 2.45) is 7.05 Å². The molecule has 25 heavy (non-hydrogen) atoms. The Labute approximate surface area is 147 Å². The summed E-state index contributed by atoms with van der Waals surface area (Å²) in [5.74, 6) is 1.51. The standard InChI is InChI=1S/C20H23N3O2/c1-12(2)15-8-6-7-13(3)18(15)21-20(24)16-11-23(5)22-19(16)17-10-9-14(4)25-17/h6-12H,1-5H3,(H,21,24). The lowest BCUT2D eigenvalue weighted by atomic mass is 9.98. The highest BCUT2D eigenvalue weighted by Crippen LogP contribution is 2.29. The molecule has 5 heteroatoms. The molecule has 5 nitrogen and oxygen atoms in total. The molecule has 0 fully saturated rings. The molecule has 0 spiro atoms. The highest BCUT2D eigenvalue weighted by Gasteiger charge is 2.21. The number of amides is 1. The molecular formula is C20H23N3O2. The Morgan fingerprint density at radius 3 is 2.60 bits per heavy atom. The smallest absolute Gasteiger partial charge is 0.259 e. The van der Waals surface area contributed by atoms with Crippen LogP contribution in [0.5, 0.6) is 0 Å². The number of aromatic nitrogens is 2. The number of aryl methyl sites for hydroxylation is 3. The van der Waals surface area contributed by atoms with Gasteiger partial charge in [0.05, 0.1) is 5.56 Å². The molecule has 130 valence electrons. The minimum atomic E-state index is -0.187. The van der Waals surface area contributed by atoms with Crippen LogP contribution in [0.2, 0.25) is 0 Å². The SMILES string of the molecule is Cc1ccc(-c2nn(C)cc2C(=O)Nc2c(C)cccc2C(C)C)o1. The van der Waals surface area contributed by atoms with Gasteiger partial charge in [-0.15, -0.1) is 0 Å². The zero-order chi connectivity index (χ0) is 18.1. The van der Waals surface area contributed by atoms with Crippen LogP contribution in [0, 0.1) is 13.8 Å². The lowest BCUT2D eigenvalue weighted by molar-refractivity contribution is 0.102. The van der Waals surface area contributed by atoms with Crippen molar-refractivity contribution < 1.29 is 9.21 Å². The van der Waals surface area contributed by atoms with Crippen molar-refractivity contribution >= 4 is 11.6 Å². The topological polar surface area (TPSA) is 60.1 Å². The summed E-state index contributed by atoms with van der Waals surface area (Å²) >= 11 is 0. The number of rotatable bonds is 4. The van der Waals surface area contributed by atoms with Crippen LogP contribution in [0.25, 0.3) is 11.5 Å². The van der Waals surface area contributed by atoms with E-state index in [1.807, 2.05) is 44.2 Å². The van der Waals surface area contributed by atoms with Gasteiger partial charge in [0.25, 0.3) is 5.91 Å². The van der Waals surface area contributed by atoms with Gasteiger partial charge < -0.3 is 9.73 Å². The molecule has 0 aliphatic rings. The molecule has 0 aliphatic carbocycles. The Kier molecular flexibility index (Phi) is 4.49. The molecule has 2 aromatic heterocycles. The van der Waals surface area contributed by atoms with E-state index in [0.29, 0.717) is 22.9 Å². The summed E-state index contributed by atoms with van der Waals surface area (Å²) in [5, 5.41) is 7.47. The molecule has 0 saturated heterocycles. The maximum atomic E-state index is 12.9. The number of carbonyl (C=O) groups excluding carboxylic acids is 1. The molecule has 0 unspecified atom stereocenters. The van der Waals surface area contributed by atoms with Crippen molar-refractivity contribution in [2.75, 3.05) is 5.32 Å². The quantitative estimate of drug-likeness (QED) is 0.752. The zero-order valence-electron chi connectivity index (χ0n) is 15.3. The minimum Gasteiger partial charge on any atom is -0.460 e. The van der Waals surface area contributed by atoms with Crippen LogP contribution in [0.4, 0.5) is 5.69 Å². The Balaban J connectivity index is 1.99. The van der Waals surface area contributed by atoms with E-state index in [1.165, 1.54) is 0 Å². The summed E-state index contributed by atoms with van der Waals surface area (Å²) in [5.41, 5.74) is 4.07. The van der Waals surface area contributed by atoms with E-state index in [1.54, 1.807) is 17.9 Å². The first kappa shape index (κ1) is 17.0. The number of carbonyl (C=O) groups is 1. The number of benzene rings is 1. The average Bonchev–Trinajstić information content (AvgIpc) is 3.14. The van der Waals surface area contributed by atoms with Crippen molar-refractivity contribution in [2.45, 2.75) is 33.6 Å². The van der Waals surface area contributed by atoms with Crippen molar-refractivity contribution in [3.63, 3.8) is 0 Å². The van der Waals surface area contributed by atoms with Gasteiger partial charge in [0, 0.05) is 18.9 Å². The molecule has 0 aliphatic heterocycles. The third-order valence-corrected chi connectivity index (χ3v) is 4.21. The Morgan fingerprint density at radius 1 is 1.20 bits per heavy atom. The third kappa shape index (κ3) is 3.36. The van der Waals surface area contributed by atoms with Gasteiger partial charge in [-0.05, 0) is 43.0 Å². The fraction of sp³-hybridized carbons (Fsp3) is 0.300. The third-order valence-electron chi connectivity index (χ3n) is 4.21. The van der Waals surface area contributed by atoms with E-state index in [0.717, 1.165) is 22.6 Å². The van der Waals surface area contributed by atoms with E-state index < -0.39 is 0 Å². The van der Waals surface area contributed by atoms with E-state index in [9.17, 15) is 4.79 Å². The summed E-state index contributed by atoms with van der Waals surface area (Å²) < 4.78 is 7.28. The molecule has 3 rings (SSSR count). The van der Waals surface area contributed by atoms with Crippen LogP contribution < -0.4 is 5.32 Å². The van der Waals surface area contributed by atoms with Crippen LogP contribution in [0.15, 0.2) is 40.9 Å². The molecular weight excluding hydrogens is 314 g/mol. The molecule has 3 aromatic rings. The summed E-state index contributed by atoms with van der Waals surface area (Å²) in [6.45, 7) is 8.10. The van der Waals surface area contributed by atoms with Crippen LogP contribution in [0.1, 0.15) is 47.0 Å². The van der Waals surface area contributed by atoms with Crippen LogP contribution in [-0.4, -0.2) is 15.7 Å². The number of anilines is 1. The molecule has 0 saturated carbocycles. The van der Waals surface area contributed by atoms with Gasteiger partial charge in [-0.3, -0.25) is 9.48 Å². The van der Waals surface area contributed by atoms with Gasteiger partial charge in [-0.2, -0.15) is 5.10 Å². The largest absolute Gasteiger partial charge is 0.460 e. The molecule has 0 bridgehead atoms. The Bertz CT molecular complexity index is 919. The molecule has 1 aromatic carbocycles. The number of nitrogens with zero attached hydrogens (tertiary/aromatic N) is 2. The number of hydrogen-bond donors (Lipinski definition) is 1. The highest BCUT2D eigenvalue weighted by molar-refractivity contribution is 6.08. The number of furan rings is 1. The second-order valence-corrected chi connectivity index (χ2v) is 6.62. The zero-order valence-corrected chi connectivity index (χ0v) is 15.3. The number of nitrogens with one attached hydrogen (secondary N) is 1. The van der Waals surface area contributed by atoms with Crippen molar-refractivity contribution in [1.82, 2.24) is 9.78 Å². The maximum Gasteiger partial charge on any atom is 0.259 e. The first-order valence-electron chi connectivity index (χ1n) is 8.38. The molecule has 2 heterocycles. The van der Waals surface area contributed by atoms with E-state index >= 15 is 0 Å². The van der Waals surface area contributed by atoms with Crippen LogP contribution >= 0.6 is 0 Å². The van der Waals surface area contributed by atoms with Crippen molar-refractivity contribution in [3.8, 4) is 11.5 Å². The molecule has 1 amide bonds. The van der Waals surface area contributed by atoms with Crippen LogP contribution in [0.3, 0.4) is 0 Å². The monoisotopic (exact) mass is 337 g/mol. The predicted molar refractivity (Wildman–Crippen MR) is 98.9 cm³/mol. The molecule has 0 radical (unpaired) electrons. The predicted octanol–water partition coefficient (Wildman–Crippen LogP) is 4.67. The average molecular weight is 337 g/mol. The number of hydrogen-bond acceptors (Lipinski definition) is 3.